The third-order valence-electron chi connectivity index (χ3n) is 3.86. The fourth-order valence-electron chi connectivity index (χ4n) is 2.53. The van der Waals surface area contributed by atoms with Crippen molar-refractivity contribution in [1.82, 2.24) is 14.8 Å². The van der Waals surface area contributed by atoms with Crippen molar-refractivity contribution in [3.63, 3.8) is 0 Å². The van der Waals surface area contributed by atoms with E-state index in [0.29, 0.717) is 5.16 Å². The van der Waals surface area contributed by atoms with Gasteiger partial charge in [0.1, 0.15) is 11.6 Å². The zero-order valence-electron chi connectivity index (χ0n) is 14.9. The lowest BCUT2D eigenvalue weighted by Gasteiger charge is -2.11. The Balaban J connectivity index is 1.68. The molecular weight excluding hydrogens is 348 g/mol. The van der Waals surface area contributed by atoms with Gasteiger partial charge < -0.3 is 10.1 Å². The molecule has 0 aliphatic carbocycles. The number of nitrogens with one attached hydrogen (secondary N) is 1. The van der Waals surface area contributed by atoms with E-state index in [0.717, 1.165) is 28.5 Å². The summed E-state index contributed by atoms with van der Waals surface area (Å²) in [5, 5.41) is 11.9. The average molecular weight is 368 g/mol. The molecule has 1 N–H and O–H groups in total. The molecule has 2 aromatic carbocycles. The summed E-state index contributed by atoms with van der Waals surface area (Å²) in [4.78, 5) is 12.2. The number of hydrogen-bond donors (Lipinski definition) is 1. The Hall–Kier alpha value is -2.80. The van der Waals surface area contributed by atoms with Crippen molar-refractivity contribution >= 4 is 23.4 Å². The van der Waals surface area contributed by atoms with Gasteiger partial charge in [-0.3, -0.25) is 9.36 Å². The van der Waals surface area contributed by atoms with Crippen LogP contribution in [0.3, 0.4) is 0 Å². The van der Waals surface area contributed by atoms with Gasteiger partial charge in [-0.25, -0.2) is 0 Å². The predicted molar refractivity (Wildman–Crippen MR) is 103 cm³/mol. The number of para-hydroxylation sites is 1. The van der Waals surface area contributed by atoms with E-state index < -0.39 is 0 Å². The van der Waals surface area contributed by atoms with Gasteiger partial charge in [-0.15, -0.1) is 10.2 Å². The summed E-state index contributed by atoms with van der Waals surface area (Å²) in [6, 6.07) is 15.3. The van der Waals surface area contributed by atoms with Crippen molar-refractivity contribution in [1.29, 1.82) is 0 Å². The van der Waals surface area contributed by atoms with Gasteiger partial charge in [-0.2, -0.15) is 0 Å². The molecule has 0 aliphatic heterocycles. The summed E-state index contributed by atoms with van der Waals surface area (Å²) >= 11 is 1.36. The minimum Gasteiger partial charge on any atom is -0.497 e. The van der Waals surface area contributed by atoms with E-state index in [1.807, 2.05) is 42.7 Å². The van der Waals surface area contributed by atoms with Crippen LogP contribution >= 0.6 is 11.8 Å². The van der Waals surface area contributed by atoms with Crippen LogP contribution in [0, 0.1) is 13.8 Å². The molecule has 1 heterocycles. The Bertz CT molecular complexity index is 906. The van der Waals surface area contributed by atoms with E-state index in [9.17, 15) is 4.79 Å². The van der Waals surface area contributed by atoms with Crippen LogP contribution in [0.2, 0.25) is 0 Å². The highest BCUT2D eigenvalue weighted by Crippen LogP contribution is 2.24. The quantitative estimate of drug-likeness (QED) is 0.673. The summed E-state index contributed by atoms with van der Waals surface area (Å²) in [6.45, 7) is 3.94. The molecule has 3 rings (SSSR count). The molecule has 0 atom stereocenters. The number of thioether (sulfide) groups is 1. The molecule has 0 bridgehead atoms. The van der Waals surface area contributed by atoms with Gasteiger partial charge in [-0.1, -0.05) is 30.0 Å². The first-order valence-electron chi connectivity index (χ1n) is 8.13. The highest BCUT2D eigenvalue weighted by molar-refractivity contribution is 7.99. The van der Waals surface area contributed by atoms with Crippen LogP contribution in [0.5, 0.6) is 5.75 Å². The van der Waals surface area contributed by atoms with Crippen LogP contribution in [0.15, 0.2) is 53.7 Å². The first-order valence-corrected chi connectivity index (χ1v) is 9.12. The molecule has 0 fully saturated rings. The Morgan fingerprint density at radius 1 is 1.12 bits per heavy atom. The summed E-state index contributed by atoms with van der Waals surface area (Å²) in [7, 11) is 1.61. The van der Waals surface area contributed by atoms with Crippen LogP contribution in [0.4, 0.5) is 5.69 Å². The van der Waals surface area contributed by atoms with Crippen molar-refractivity contribution in [2.24, 2.45) is 0 Å². The van der Waals surface area contributed by atoms with E-state index in [4.69, 9.17) is 4.74 Å². The summed E-state index contributed by atoms with van der Waals surface area (Å²) in [6.07, 6.45) is 0. The largest absolute Gasteiger partial charge is 0.497 e. The Morgan fingerprint density at radius 2 is 1.85 bits per heavy atom. The maximum absolute atomic E-state index is 12.2. The Labute approximate surface area is 156 Å². The fraction of sp³-hybridized carbons (Fsp3) is 0.211. The lowest BCUT2D eigenvalue weighted by molar-refractivity contribution is -0.113. The maximum atomic E-state index is 12.2. The van der Waals surface area contributed by atoms with E-state index in [1.54, 1.807) is 31.4 Å². The summed E-state index contributed by atoms with van der Waals surface area (Å²) < 4.78 is 7.08. The van der Waals surface area contributed by atoms with E-state index >= 15 is 0 Å². The van der Waals surface area contributed by atoms with Crippen LogP contribution in [-0.4, -0.2) is 33.5 Å². The summed E-state index contributed by atoms with van der Waals surface area (Å²) in [5.74, 6) is 1.68. The predicted octanol–water partition coefficient (Wildman–Crippen LogP) is 3.62. The zero-order valence-corrected chi connectivity index (χ0v) is 15.7. The molecule has 6 nitrogen and oxygen atoms in total. The van der Waals surface area contributed by atoms with Gasteiger partial charge in [0.15, 0.2) is 5.16 Å². The van der Waals surface area contributed by atoms with Crippen molar-refractivity contribution in [3.8, 4) is 11.4 Å². The van der Waals surface area contributed by atoms with Gasteiger partial charge in [0.05, 0.1) is 18.6 Å². The van der Waals surface area contributed by atoms with Crippen molar-refractivity contribution in [2.45, 2.75) is 19.0 Å². The monoisotopic (exact) mass is 368 g/mol. The number of amides is 1. The molecule has 0 saturated carbocycles. The molecule has 134 valence electrons. The minimum absolute atomic E-state index is 0.0999. The highest BCUT2D eigenvalue weighted by atomic mass is 32.2. The van der Waals surface area contributed by atoms with E-state index in [-0.39, 0.29) is 11.7 Å². The lowest BCUT2D eigenvalue weighted by atomic mass is 10.2. The molecule has 3 aromatic rings. The molecule has 7 heteroatoms. The van der Waals surface area contributed by atoms with Crippen LogP contribution in [0.1, 0.15) is 11.4 Å². The standard InChI is InChI=1S/C19H20N4O2S/c1-13-6-4-5-7-17(13)23-14(2)21-22-19(23)26-12-18(24)20-15-8-10-16(25-3)11-9-15/h4-11H,12H2,1-3H3,(H,20,24). The average Bonchev–Trinajstić information content (AvgIpc) is 3.01. The maximum Gasteiger partial charge on any atom is 0.234 e. The van der Waals surface area contributed by atoms with Crippen LogP contribution in [0.25, 0.3) is 5.69 Å². The molecule has 1 amide bonds. The summed E-state index contributed by atoms with van der Waals surface area (Å²) in [5.41, 5.74) is 2.88. The minimum atomic E-state index is -0.0999. The number of ether oxygens (including phenoxy) is 1. The number of carbonyl (C=O) groups is 1. The second-order valence-electron chi connectivity index (χ2n) is 5.72. The molecule has 1 aromatic heterocycles. The van der Waals surface area contributed by atoms with E-state index in [1.165, 1.54) is 11.8 Å². The number of aromatic nitrogens is 3. The van der Waals surface area contributed by atoms with E-state index in [2.05, 4.69) is 15.5 Å². The molecule has 0 saturated heterocycles. The van der Waals surface area contributed by atoms with Crippen LogP contribution < -0.4 is 10.1 Å². The van der Waals surface area contributed by atoms with Gasteiger partial charge in [-0.05, 0) is 49.7 Å². The van der Waals surface area contributed by atoms with Crippen molar-refractivity contribution in [2.75, 3.05) is 18.2 Å². The number of nitrogens with zero attached hydrogens (tertiary/aromatic N) is 3. The second kappa shape index (κ2) is 8.05. The number of aryl methyl sites for hydroxylation is 2. The Kier molecular flexibility index (Phi) is 5.58. The normalized spacial score (nSPS) is 10.6. The number of methoxy groups -OCH3 is 1. The van der Waals surface area contributed by atoms with Gasteiger partial charge in [0.2, 0.25) is 5.91 Å². The fourth-order valence-corrected chi connectivity index (χ4v) is 3.32. The number of rotatable bonds is 6. The molecular formula is C19H20N4O2S. The molecule has 0 spiro atoms. The van der Waals surface area contributed by atoms with Crippen LogP contribution in [-0.2, 0) is 4.79 Å². The number of hydrogen-bond acceptors (Lipinski definition) is 5. The number of anilines is 1. The third kappa shape index (κ3) is 4.05. The van der Waals surface area contributed by atoms with Gasteiger partial charge >= 0.3 is 0 Å². The highest BCUT2D eigenvalue weighted by Gasteiger charge is 2.14. The Morgan fingerprint density at radius 3 is 2.54 bits per heavy atom. The second-order valence-corrected chi connectivity index (χ2v) is 6.66. The van der Waals surface area contributed by atoms with Gasteiger partial charge in [0.25, 0.3) is 0 Å². The third-order valence-corrected chi connectivity index (χ3v) is 4.79. The first-order chi connectivity index (χ1) is 12.6. The molecule has 0 aliphatic rings. The topological polar surface area (TPSA) is 69.0 Å². The molecule has 0 radical (unpaired) electrons. The van der Waals surface area contributed by atoms with Crippen molar-refractivity contribution < 1.29 is 9.53 Å². The lowest BCUT2D eigenvalue weighted by Crippen LogP contribution is -2.14. The molecule has 0 unspecified atom stereocenters. The first kappa shape index (κ1) is 18.0. The SMILES string of the molecule is COc1ccc(NC(=O)CSc2nnc(C)n2-c2ccccc2C)cc1. The number of benzene rings is 2. The molecule has 26 heavy (non-hydrogen) atoms. The zero-order chi connectivity index (χ0) is 18.5. The number of carbonyl (C=O) groups excluding carboxylic acids is 1. The van der Waals surface area contributed by atoms with Crippen molar-refractivity contribution in [3.05, 3.63) is 59.9 Å². The smallest absolute Gasteiger partial charge is 0.234 e. The van der Waals surface area contributed by atoms with Gasteiger partial charge in [0, 0.05) is 5.69 Å².